The number of rotatable bonds is 3. The monoisotopic (exact) mass is 238 g/mol. The maximum Gasteiger partial charge on any atom is 0.142 e. The Morgan fingerprint density at radius 3 is 2.88 bits per heavy atom. The van der Waals surface area contributed by atoms with E-state index in [0.29, 0.717) is 5.15 Å². The highest BCUT2D eigenvalue weighted by atomic mass is 35.5. The normalized spacial score (nSPS) is 13.0. The van der Waals surface area contributed by atoms with Gasteiger partial charge in [0.2, 0.25) is 0 Å². The summed E-state index contributed by atoms with van der Waals surface area (Å²) in [6.07, 6.45) is 0.756. The Morgan fingerprint density at radius 1 is 1.50 bits per heavy atom. The van der Waals surface area contributed by atoms with Gasteiger partial charge < -0.3 is 15.5 Å². The van der Waals surface area contributed by atoms with Crippen molar-refractivity contribution in [2.75, 3.05) is 7.11 Å². The molecule has 3 N–H and O–H groups in total. The number of methoxy groups -OCH3 is 1. The molecule has 0 amide bonds. The van der Waals surface area contributed by atoms with Crippen LogP contribution in [-0.2, 0) is 6.42 Å². The molecule has 0 bridgehead atoms. The molecule has 4 heteroatoms. The molecule has 16 heavy (non-hydrogen) atoms. The average molecular weight is 239 g/mol. The largest absolute Gasteiger partial charge is 0.495 e. The van der Waals surface area contributed by atoms with Gasteiger partial charge in [-0.15, -0.1) is 0 Å². The van der Waals surface area contributed by atoms with E-state index in [9.17, 15) is 0 Å². The van der Waals surface area contributed by atoms with Crippen LogP contribution in [0.5, 0.6) is 5.75 Å². The van der Waals surface area contributed by atoms with Crippen LogP contribution in [0.15, 0.2) is 18.2 Å². The van der Waals surface area contributed by atoms with E-state index in [1.54, 1.807) is 7.11 Å². The molecule has 1 aromatic carbocycles. The van der Waals surface area contributed by atoms with Crippen molar-refractivity contribution in [3.8, 4) is 5.75 Å². The number of hydrogen-bond donors (Lipinski definition) is 2. The van der Waals surface area contributed by atoms with Gasteiger partial charge in [0.25, 0.3) is 0 Å². The number of hydrogen-bond acceptors (Lipinski definition) is 2. The van der Waals surface area contributed by atoms with Crippen LogP contribution < -0.4 is 10.5 Å². The molecule has 0 fully saturated rings. The number of benzene rings is 1. The minimum Gasteiger partial charge on any atom is -0.495 e. The fourth-order valence-corrected chi connectivity index (χ4v) is 2.18. The zero-order chi connectivity index (χ0) is 11.7. The molecule has 0 aliphatic carbocycles. The first-order valence-corrected chi connectivity index (χ1v) is 5.60. The Hall–Kier alpha value is -1.19. The van der Waals surface area contributed by atoms with Crippen LogP contribution in [-0.4, -0.2) is 18.1 Å². The summed E-state index contributed by atoms with van der Waals surface area (Å²) >= 11 is 6.17. The van der Waals surface area contributed by atoms with Crippen molar-refractivity contribution >= 4 is 22.5 Å². The minimum absolute atomic E-state index is 0.0858. The molecule has 2 rings (SSSR count). The minimum atomic E-state index is 0.0858. The Morgan fingerprint density at radius 2 is 2.25 bits per heavy atom. The van der Waals surface area contributed by atoms with Crippen molar-refractivity contribution in [2.24, 2.45) is 5.73 Å². The molecule has 0 spiro atoms. The number of ether oxygens (including phenoxy) is 1. The van der Waals surface area contributed by atoms with Crippen molar-refractivity contribution < 1.29 is 4.74 Å². The number of halogens is 1. The van der Waals surface area contributed by atoms with Crippen molar-refractivity contribution in [3.05, 3.63) is 28.9 Å². The van der Waals surface area contributed by atoms with Gasteiger partial charge in [0.05, 0.1) is 12.6 Å². The summed E-state index contributed by atoms with van der Waals surface area (Å²) in [4.78, 5) is 3.14. The summed E-state index contributed by atoms with van der Waals surface area (Å²) in [5.41, 5.74) is 7.81. The van der Waals surface area contributed by atoms with Crippen molar-refractivity contribution in [1.29, 1.82) is 0 Å². The fraction of sp³-hybridized carbons (Fsp3) is 0.333. The molecule has 1 aromatic heterocycles. The van der Waals surface area contributed by atoms with Crippen LogP contribution in [0, 0.1) is 0 Å². The van der Waals surface area contributed by atoms with Crippen molar-refractivity contribution in [2.45, 2.75) is 19.4 Å². The van der Waals surface area contributed by atoms with Gasteiger partial charge in [0, 0.05) is 11.4 Å². The van der Waals surface area contributed by atoms with E-state index in [0.717, 1.165) is 28.6 Å². The third kappa shape index (κ3) is 1.88. The van der Waals surface area contributed by atoms with Gasteiger partial charge in [-0.05, 0) is 25.0 Å². The number of H-pyrrole nitrogens is 1. The predicted octanol–water partition coefficient (Wildman–Crippen LogP) is 2.72. The molecule has 1 heterocycles. The Balaban J connectivity index is 2.61. The van der Waals surface area contributed by atoms with Crippen LogP contribution in [0.3, 0.4) is 0 Å². The molecule has 0 saturated carbocycles. The molecule has 0 radical (unpaired) electrons. The molecule has 0 aliphatic heterocycles. The van der Waals surface area contributed by atoms with E-state index < -0.39 is 0 Å². The highest BCUT2D eigenvalue weighted by molar-refractivity contribution is 6.31. The highest BCUT2D eigenvalue weighted by Gasteiger charge is 2.13. The lowest BCUT2D eigenvalue weighted by atomic mass is 10.1. The highest BCUT2D eigenvalue weighted by Crippen LogP contribution is 2.32. The summed E-state index contributed by atoms with van der Waals surface area (Å²) < 4.78 is 5.28. The summed E-state index contributed by atoms with van der Waals surface area (Å²) in [6, 6.07) is 5.97. The summed E-state index contributed by atoms with van der Waals surface area (Å²) in [7, 11) is 1.65. The van der Waals surface area contributed by atoms with E-state index in [1.807, 2.05) is 25.1 Å². The summed E-state index contributed by atoms with van der Waals surface area (Å²) in [5.74, 6) is 0.801. The van der Waals surface area contributed by atoms with E-state index in [4.69, 9.17) is 22.1 Å². The third-order valence-electron chi connectivity index (χ3n) is 2.60. The SMILES string of the molecule is COc1cccc2c(CC(C)N)c(Cl)[nH]c12. The second kappa shape index (κ2) is 4.36. The van der Waals surface area contributed by atoms with Gasteiger partial charge in [-0.2, -0.15) is 0 Å². The van der Waals surface area contributed by atoms with E-state index in [-0.39, 0.29) is 6.04 Å². The quantitative estimate of drug-likeness (QED) is 0.864. The second-order valence-electron chi connectivity index (χ2n) is 3.98. The fourth-order valence-electron chi connectivity index (χ4n) is 1.91. The Kier molecular flexibility index (Phi) is 3.08. The lowest BCUT2D eigenvalue weighted by molar-refractivity contribution is 0.419. The van der Waals surface area contributed by atoms with Crippen LogP contribution in [0.2, 0.25) is 5.15 Å². The number of para-hydroxylation sites is 1. The lowest BCUT2D eigenvalue weighted by Crippen LogP contribution is -2.17. The Labute approximate surface area is 99.5 Å². The molecule has 0 aliphatic rings. The Bertz CT molecular complexity index is 505. The molecule has 3 nitrogen and oxygen atoms in total. The maximum atomic E-state index is 6.17. The first-order chi connectivity index (χ1) is 7.63. The number of fused-ring (bicyclic) bond motifs is 1. The zero-order valence-corrected chi connectivity index (χ0v) is 10.1. The van der Waals surface area contributed by atoms with Crippen LogP contribution in [0.25, 0.3) is 10.9 Å². The zero-order valence-electron chi connectivity index (χ0n) is 9.38. The average Bonchev–Trinajstić information content (AvgIpc) is 2.55. The third-order valence-corrected chi connectivity index (χ3v) is 2.92. The molecule has 0 saturated heterocycles. The number of nitrogens with one attached hydrogen (secondary N) is 1. The van der Waals surface area contributed by atoms with Gasteiger partial charge >= 0.3 is 0 Å². The predicted molar refractivity (Wildman–Crippen MR) is 67.2 cm³/mol. The van der Waals surface area contributed by atoms with Crippen LogP contribution in [0.1, 0.15) is 12.5 Å². The molecule has 1 unspecified atom stereocenters. The van der Waals surface area contributed by atoms with E-state index >= 15 is 0 Å². The molecule has 2 aromatic rings. The van der Waals surface area contributed by atoms with E-state index in [2.05, 4.69) is 4.98 Å². The number of aromatic amines is 1. The number of nitrogens with two attached hydrogens (primary N) is 1. The molecular weight excluding hydrogens is 224 g/mol. The van der Waals surface area contributed by atoms with Gasteiger partial charge in [-0.3, -0.25) is 0 Å². The smallest absolute Gasteiger partial charge is 0.142 e. The molecule has 86 valence electrons. The van der Waals surface area contributed by atoms with Gasteiger partial charge in [-0.1, -0.05) is 23.7 Å². The topological polar surface area (TPSA) is 51.0 Å². The van der Waals surface area contributed by atoms with Crippen molar-refractivity contribution in [1.82, 2.24) is 4.98 Å². The second-order valence-corrected chi connectivity index (χ2v) is 4.36. The van der Waals surface area contributed by atoms with Gasteiger partial charge in [0.1, 0.15) is 10.9 Å². The van der Waals surface area contributed by atoms with Crippen molar-refractivity contribution in [3.63, 3.8) is 0 Å². The van der Waals surface area contributed by atoms with Crippen LogP contribution in [0.4, 0.5) is 0 Å². The van der Waals surface area contributed by atoms with Gasteiger partial charge in [-0.25, -0.2) is 0 Å². The van der Waals surface area contributed by atoms with Crippen LogP contribution >= 0.6 is 11.6 Å². The standard InChI is InChI=1S/C12H15ClN2O/c1-7(14)6-9-8-4-3-5-10(16-2)11(8)15-12(9)13/h3-5,7,15H,6,14H2,1-2H3. The lowest BCUT2D eigenvalue weighted by Gasteiger charge is -2.04. The number of aromatic nitrogens is 1. The van der Waals surface area contributed by atoms with Gasteiger partial charge in [0.15, 0.2) is 0 Å². The first kappa shape index (κ1) is 11.3. The molecule has 1 atom stereocenters. The van der Waals surface area contributed by atoms with E-state index in [1.165, 1.54) is 0 Å². The maximum absolute atomic E-state index is 6.17. The summed E-state index contributed by atoms with van der Waals surface area (Å²) in [5, 5.41) is 1.73. The molecular formula is C12H15ClN2O. The summed E-state index contributed by atoms with van der Waals surface area (Å²) in [6.45, 7) is 1.97. The first-order valence-electron chi connectivity index (χ1n) is 5.22.